The van der Waals surface area contributed by atoms with Crippen LogP contribution in [0.25, 0.3) is 0 Å². The van der Waals surface area contributed by atoms with Gasteiger partial charge in [0.05, 0.1) is 0 Å². The maximum absolute atomic E-state index is 13.3. The minimum atomic E-state index is -0.913. The molecular formula is C19H18F2N4. The van der Waals surface area contributed by atoms with Gasteiger partial charge in [0.25, 0.3) is 0 Å². The zero-order valence-electron chi connectivity index (χ0n) is 14.2. The summed E-state index contributed by atoms with van der Waals surface area (Å²) in [5, 5.41) is 6.23. The Morgan fingerprint density at radius 3 is 2.16 bits per heavy atom. The molecule has 3 aromatic rings. The first-order valence-corrected chi connectivity index (χ1v) is 7.83. The maximum atomic E-state index is 13.3. The molecule has 0 amide bonds. The summed E-state index contributed by atoms with van der Waals surface area (Å²) in [5.41, 5.74) is 3.64. The number of aryl methyl sites for hydroxylation is 3. The second-order valence-electron chi connectivity index (χ2n) is 5.88. The van der Waals surface area contributed by atoms with E-state index in [4.69, 9.17) is 0 Å². The van der Waals surface area contributed by atoms with Crippen molar-refractivity contribution in [2.75, 3.05) is 10.6 Å². The van der Waals surface area contributed by atoms with Crippen LogP contribution in [0, 0.1) is 32.4 Å². The van der Waals surface area contributed by atoms with Gasteiger partial charge in [-0.3, -0.25) is 0 Å². The number of halogens is 2. The van der Waals surface area contributed by atoms with E-state index in [1.165, 1.54) is 11.6 Å². The second-order valence-corrected chi connectivity index (χ2v) is 5.88. The zero-order chi connectivity index (χ0) is 18.0. The van der Waals surface area contributed by atoms with E-state index in [0.717, 1.165) is 23.4 Å². The Labute approximate surface area is 145 Å². The highest BCUT2D eigenvalue weighted by Crippen LogP contribution is 2.23. The van der Waals surface area contributed by atoms with Crippen LogP contribution in [0.15, 0.2) is 42.5 Å². The lowest BCUT2D eigenvalue weighted by Crippen LogP contribution is -2.02. The fourth-order valence-electron chi connectivity index (χ4n) is 2.51. The molecule has 0 saturated heterocycles. The van der Waals surface area contributed by atoms with Gasteiger partial charge in [0, 0.05) is 23.5 Å². The standard InChI is InChI=1S/C19H18F2N4/c1-11-4-7-17(12(2)8-11)25-19-10-18(22-13(3)23-19)24-14-5-6-15(20)16(21)9-14/h4-10H,1-3H3,(H2,22,23,24,25). The lowest BCUT2D eigenvalue weighted by atomic mass is 10.1. The van der Waals surface area contributed by atoms with E-state index in [0.29, 0.717) is 23.1 Å². The van der Waals surface area contributed by atoms with Crippen LogP contribution in [-0.4, -0.2) is 9.97 Å². The van der Waals surface area contributed by atoms with E-state index < -0.39 is 11.6 Å². The largest absolute Gasteiger partial charge is 0.340 e. The predicted molar refractivity (Wildman–Crippen MR) is 95.6 cm³/mol. The van der Waals surface area contributed by atoms with Gasteiger partial charge in [0.2, 0.25) is 0 Å². The van der Waals surface area contributed by atoms with Gasteiger partial charge in [0.1, 0.15) is 17.5 Å². The van der Waals surface area contributed by atoms with E-state index in [2.05, 4.69) is 26.7 Å². The minimum absolute atomic E-state index is 0.412. The Morgan fingerprint density at radius 2 is 1.48 bits per heavy atom. The van der Waals surface area contributed by atoms with Gasteiger partial charge in [-0.05, 0) is 44.5 Å². The van der Waals surface area contributed by atoms with Crippen LogP contribution in [0.2, 0.25) is 0 Å². The van der Waals surface area contributed by atoms with Crippen LogP contribution in [-0.2, 0) is 0 Å². The molecule has 0 aliphatic heterocycles. The van der Waals surface area contributed by atoms with Crippen molar-refractivity contribution in [2.24, 2.45) is 0 Å². The van der Waals surface area contributed by atoms with Crippen molar-refractivity contribution in [3.05, 3.63) is 71.1 Å². The van der Waals surface area contributed by atoms with Crippen LogP contribution in [0.4, 0.5) is 31.8 Å². The van der Waals surface area contributed by atoms with E-state index in [9.17, 15) is 8.78 Å². The number of benzene rings is 2. The molecule has 3 rings (SSSR count). The van der Waals surface area contributed by atoms with Gasteiger partial charge >= 0.3 is 0 Å². The van der Waals surface area contributed by atoms with Crippen LogP contribution in [0.5, 0.6) is 0 Å². The number of hydrogen-bond acceptors (Lipinski definition) is 4. The molecule has 2 N–H and O–H groups in total. The van der Waals surface area contributed by atoms with Gasteiger partial charge in [-0.1, -0.05) is 17.7 Å². The highest BCUT2D eigenvalue weighted by molar-refractivity contribution is 5.65. The van der Waals surface area contributed by atoms with Crippen molar-refractivity contribution in [1.82, 2.24) is 9.97 Å². The first kappa shape index (κ1) is 16.8. The van der Waals surface area contributed by atoms with Crippen molar-refractivity contribution >= 4 is 23.0 Å². The van der Waals surface area contributed by atoms with Gasteiger partial charge in [-0.2, -0.15) is 0 Å². The van der Waals surface area contributed by atoms with Gasteiger partial charge in [-0.25, -0.2) is 18.7 Å². The van der Waals surface area contributed by atoms with Crippen LogP contribution in [0.3, 0.4) is 0 Å². The smallest absolute Gasteiger partial charge is 0.160 e. The summed E-state index contributed by atoms with van der Waals surface area (Å²) in [4.78, 5) is 8.65. The Morgan fingerprint density at radius 1 is 0.760 bits per heavy atom. The molecule has 1 heterocycles. The average molecular weight is 340 g/mol. The van der Waals surface area contributed by atoms with Crippen LogP contribution >= 0.6 is 0 Å². The molecule has 0 unspecified atom stereocenters. The molecule has 0 fully saturated rings. The normalized spacial score (nSPS) is 10.6. The number of nitrogens with one attached hydrogen (secondary N) is 2. The Bertz CT molecular complexity index is 925. The lowest BCUT2D eigenvalue weighted by molar-refractivity contribution is 0.509. The minimum Gasteiger partial charge on any atom is -0.340 e. The summed E-state index contributed by atoms with van der Waals surface area (Å²) in [6.45, 7) is 5.82. The molecule has 1 aromatic heterocycles. The molecule has 4 nitrogen and oxygen atoms in total. The molecule has 0 saturated carbocycles. The van der Waals surface area contributed by atoms with E-state index in [1.54, 1.807) is 13.0 Å². The maximum Gasteiger partial charge on any atom is 0.160 e. The number of anilines is 4. The number of hydrogen-bond donors (Lipinski definition) is 2. The van der Waals surface area contributed by atoms with Crippen molar-refractivity contribution in [3.63, 3.8) is 0 Å². The van der Waals surface area contributed by atoms with Crippen molar-refractivity contribution < 1.29 is 8.78 Å². The van der Waals surface area contributed by atoms with E-state index >= 15 is 0 Å². The molecule has 0 aliphatic rings. The summed E-state index contributed by atoms with van der Waals surface area (Å²) in [6, 6.07) is 11.4. The highest BCUT2D eigenvalue weighted by atomic mass is 19.2. The fourth-order valence-corrected chi connectivity index (χ4v) is 2.51. The van der Waals surface area contributed by atoms with Gasteiger partial charge in [-0.15, -0.1) is 0 Å². The third-order valence-corrected chi connectivity index (χ3v) is 3.67. The molecule has 0 bridgehead atoms. The van der Waals surface area contributed by atoms with Crippen LogP contribution in [0.1, 0.15) is 17.0 Å². The Kier molecular flexibility index (Phi) is 4.61. The first-order chi connectivity index (χ1) is 11.9. The topological polar surface area (TPSA) is 49.8 Å². The van der Waals surface area contributed by atoms with Crippen molar-refractivity contribution in [2.45, 2.75) is 20.8 Å². The number of aromatic nitrogens is 2. The molecule has 128 valence electrons. The molecule has 25 heavy (non-hydrogen) atoms. The molecular weight excluding hydrogens is 322 g/mol. The summed E-state index contributed by atoms with van der Waals surface area (Å²) < 4.78 is 26.4. The molecule has 0 radical (unpaired) electrons. The van der Waals surface area contributed by atoms with Crippen molar-refractivity contribution in [1.29, 1.82) is 0 Å². The number of rotatable bonds is 4. The van der Waals surface area contributed by atoms with Gasteiger partial charge < -0.3 is 10.6 Å². The van der Waals surface area contributed by atoms with E-state index in [-0.39, 0.29) is 0 Å². The SMILES string of the molecule is Cc1ccc(Nc2cc(Nc3ccc(F)c(F)c3)nc(C)n2)c(C)c1. The quantitative estimate of drug-likeness (QED) is 0.688. The third kappa shape index (κ3) is 4.09. The fraction of sp³-hybridized carbons (Fsp3) is 0.158. The molecule has 0 aliphatic carbocycles. The summed E-state index contributed by atoms with van der Waals surface area (Å²) >= 11 is 0. The first-order valence-electron chi connectivity index (χ1n) is 7.83. The highest BCUT2D eigenvalue weighted by Gasteiger charge is 2.07. The van der Waals surface area contributed by atoms with Crippen LogP contribution < -0.4 is 10.6 Å². The monoisotopic (exact) mass is 340 g/mol. The Hall–Kier alpha value is -3.02. The third-order valence-electron chi connectivity index (χ3n) is 3.67. The van der Waals surface area contributed by atoms with E-state index in [1.807, 2.05) is 26.0 Å². The molecule has 0 atom stereocenters. The summed E-state index contributed by atoms with van der Waals surface area (Å²) in [6.07, 6.45) is 0. The summed E-state index contributed by atoms with van der Waals surface area (Å²) in [5.74, 6) is -0.138. The van der Waals surface area contributed by atoms with Crippen molar-refractivity contribution in [3.8, 4) is 0 Å². The second kappa shape index (κ2) is 6.84. The predicted octanol–water partition coefficient (Wildman–Crippen LogP) is 5.17. The summed E-state index contributed by atoms with van der Waals surface area (Å²) in [7, 11) is 0. The molecule has 2 aromatic carbocycles. The molecule has 6 heteroatoms. The average Bonchev–Trinajstić information content (AvgIpc) is 2.53. The Balaban J connectivity index is 1.86. The zero-order valence-corrected chi connectivity index (χ0v) is 14.2. The molecule has 0 spiro atoms. The lowest BCUT2D eigenvalue weighted by Gasteiger charge is -2.12. The van der Waals surface area contributed by atoms with Gasteiger partial charge in [0.15, 0.2) is 11.6 Å². The number of nitrogens with zero attached hydrogens (tertiary/aromatic N) is 2.